The largest absolute Gasteiger partial charge is 0.358 e. The molecular formula is C55H62Cl2Zr-4. The van der Waals surface area contributed by atoms with E-state index in [1.54, 1.807) is 0 Å². The maximum atomic E-state index is 3.88. The van der Waals surface area contributed by atoms with E-state index >= 15 is 0 Å². The van der Waals surface area contributed by atoms with E-state index in [1.807, 2.05) is 24.3 Å². The Balaban J connectivity index is 0.000000381. The molecule has 2 aliphatic rings. The van der Waals surface area contributed by atoms with E-state index in [-0.39, 0.29) is 43.1 Å². The van der Waals surface area contributed by atoms with E-state index in [4.69, 9.17) is 0 Å². The molecule has 2 aliphatic carbocycles. The van der Waals surface area contributed by atoms with Crippen molar-refractivity contribution in [1.82, 2.24) is 0 Å². The molecule has 0 bridgehead atoms. The molecule has 6 aromatic carbocycles. The average molecular weight is 885 g/mol. The minimum atomic E-state index is 0. The van der Waals surface area contributed by atoms with Crippen LogP contribution >= 0.6 is 24.8 Å². The molecule has 6 aromatic rings. The zero-order valence-corrected chi connectivity index (χ0v) is 40.6. The van der Waals surface area contributed by atoms with Gasteiger partial charge in [0.05, 0.1) is 0 Å². The third-order valence-corrected chi connectivity index (χ3v) is 10.2. The molecule has 0 nitrogen and oxygen atoms in total. The van der Waals surface area contributed by atoms with Gasteiger partial charge in [0, 0.05) is 0 Å². The molecule has 304 valence electrons. The first-order valence-electron chi connectivity index (χ1n) is 19.5. The summed E-state index contributed by atoms with van der Waals surface area (Å²) < 4.78 is 3.34. The van der Waals surface area contributed by atoms with Crippen molar-refractivity contribution in [2.45, 2.75) is 86.5 Å². The maximum Gasteiger partial charge on any atom is -0.0648 e. The van der Waals surface area contributed by atoms with Crippen molar-refractivity contribution < 1.29 is 24.2 Å². The van der Waals surface area contributed by atoms with Crippen LogP contribution in [0.25, 0.3) is 44.2 Å². The predicted molar refractivity (Wildman–Crippen MR) is 257 cm³/mol. The van der Waals surface area contributed by atoms with E-state index in [0.717, 1.165) is 6.42 Å². The fourth-order valence-electron chi connectivity index (χ4n) is 7.23. The smallest absolute Gasteiger partial charge is 0.0648 e. The van der Waals surface area contributed by atoms with Gasteiger partial charge in [-0.2, -0.15) is 35.9 Å². The Morgan fingerprint density at radius 1 is 0.603 bits per heavy atom. The van der Waals surface area contributed by atoms with Gasteiger partial charge in [0.25, 0.3) is 0 Å². The van der Waals surface area contributed by atoms with Crippen LogP contribution in [0.3, 0.4) is 0 Å². The summed E-state index contributed by atoms with van der Waals surface area (Å²) in [6, 6.07) is 50.1. The summed E-state index contributed by atoms with van der Waals surface area (Å²) in [5.74, 6) is 0.522. The number of benzene rings is 6. The molecule has 0 spiro atoms. The van der Waals surface area contributed by atoms with E-state index in [9.17, 15) is 0 Å². The molecule has 0 fully saturated rings. The molecule has 0 amide bonds. The summed E-state index contributed by atoms with van der Waals surface area (Å²) >= 11 is 1.30. The van der Waals surface area contributed by atoms with Gasteiger partial charge in [-0.25, -0.2) is 6.08 Å². The van der Waals surface area contributed by atoms with Gasteiger partial charge in [-0.3, -0.25) is 6.08 Å². The van der Waals surface area contributed by atoms with Gasteiger partial charge in [0.1, 0.15) is 0 Å². The number of hydrogen-bond donors (Lipinski definition) is 0. The van der Waals surface area contributed by atoms with Crippen molar-refractivity contribution in [3.63, 3.8) is 0 Å². The second-order valence-electron chi connectivity index (χ2n) is 17.7. The van der Waals surface area contributed by atoms with Crippen LogP contribution in [0, 0.1) is 37.0 Å². The first-order chi connectivity index (χ1) is 26.1. The van der Waals surface area contributed by atoms with Crippen LogP contribution in [0.5, 0.6) is 0 Å². The van der Waals surface area contributed by atoms with Crippen LogP contribution in [0.15, 0.2) is 139 Å². The summed E-state index contributed by atoms with van der Waals surface area (Å²) in [4.78, 5) is 0. The Morgan fingerprint density at radius 2 is 1.14 bits per heavy atom. The molecule has 0 aromatic heterocycles. The third kappa shape index (κ3) is 12.5. The summed E-state index contributed by atoms with van der Waals surface area (Å²) in [6.45, 7) is 22.7. The van der Waals surface area contributed by atoms with Gasteiger partial charge < -0.3 is 7.43 Å². The van der Waals surface area contributed by atoms with Crippen molar-refractivity contribution in [1.29, 1.82) is 0 Å². The third-order valence-electron chi connectivity index (χ3n) is 10.2. The van der Waals surface area contributed by atoms with Crippen LogP contribution in [-0.4, -0.2) is 4.21 Å². The molecule has 0 saturated heterocycles. The van der Waals surface area contributed by atoms with E-state index in [0.29, 0.717) is 11.3 Å². The summed E-state index contributed by atoms with van der Waals surface area (Å²) in [5.41, 5.74) is 15.2. The molecule has 58 heavy (non-hydrogen) atoms. The SMILES string of the molecule is CC(C)(C)c1cc2c([c-]c1-c1ccccc1)Cc1cc(-c3ccccc3)c(C(C)(C)C)cc1-2.CC1[C-]=CC(C(C)(C)C)=C1.Cl.Cl.[CH2]=[Zr].[CH3-].[c-]1ccc2ccccc2c1. The Labute approximate surface area is 379 Å². The Hall–Kier alpha value is -3.61. The number of hydrogen-bond acceptors (Lipinski definition) is 0. The van der Waals surface area contributed by atoms with Crippen molar-refractivity contribution in [3.05, 3.63) is 187 Å². The number of fused-ring (bicyclic) bond motifs is 4. The van der Waals surface area contributed by atoms with Crippen LogP contribution < -0.4 is 0 Å². The molecular weight excluding hydrogens is 823 g/mol. The second-order valence-corrected chi connectivity index (χ2v) is 17.7. The van der Waals surface area contributed by atoms with E-state index in [1.165, 1.54) is 96.2 Å². The average Bonchev–Trinajstić information content (AvgIpc) is 3.78. The Bertz CT molecular complexity index is 2110. The Kier molecular flexibility index (Phi) is 18.8. The fourth-order valence-corrected chi connectivity index (χ4v) is 7.23. The molecule has 1 atom stereocenters. The minimum Gasteiger partial charge on any atom is -0.358 e. The van der Waals surface area contributed by atoms with E-state index < -0.39 is 0 Å². The Morgan fingerprint density at radius 3 is 1.64 bits per heavy atom. The molecule has 0 aliphatic heterocycles. The molecule has 0 radical (unpaired) electrons. The summed E-state index contributed by atoms with van der Waals surface area (Å²) in [5, 5.41) is 2.53. The molecule has 0 saturated carbocycles. The zero-order valence-electron chi connectivity index (χ0n) is 36.5. The molecule has 0 heterocycles. The molecule has 0 N–H and O–H groups in total. The minimum absolute atomic E-state index is 0. The standard InChI is InChI=1S/C33H33.C10H7.C10H15.CH3.CH2.2ClH.Zr/c1-32(2,3)30-20-26-24(18-28(30)22-13-9-7-10-14-22)17-25-19-29(23-15-11-8-12-16-23)31(21-27(25)26)33(4,5)6;1-2-6-10-8-4-3-7-9(10)5-1;1-8-5-6-9(7-8)10(2,3)4;;;;;/h7-16,18,20-21H,17H2,1-6H3;1-3,5-8H;6-8H,1-4H3;1H3;1H2;2*1H;/q4*-1;;;;. The quantitative estimate of drug-likeness (QED) is 0.152. The summed E-state index contributed by atoms with van der Waals surface area (Å²) in [6.07, 6.45) is 8.60. The molecule has 8 rings (SSSR count). The topological polar surface area (TPSA) is 0 Å². The van der Waals surface area contributed by atoms with Gasteiger partial charge >= 0.3 is 28.4 Å². The summed E-state index contributed by atoms with van der Waals surface area (Å²) in [7, 11) is 0. The van der Waals surface area contributed by atoms with Crippen LogP contribution in [-0.2, 0) is 41.5 Å². The van der Waals surface area contributed by atoms with Gasteiger partial charge in [-0.05, 0) is 39.5 Å². The molecule has 1 unspecified atom stereocenters. The van der Waals surface area contributed by atoms with E-state index in [2.05, 4.69) is 201 Å². The fraction of sp³-hybridized carbons (Fsp3) is 0.273. The first-order valence-corrected chi connectivity index (χ1v) is 21.2. The monoisotopic (exact) mass is 882 g/mol. The van der Waals surface area contributed by atoms with Crippen molar-refractivity contribution >= 4 is 39.8 Å². The van der Waals surface area contributed by atoms with Crippen molar-refractivity contribution in [3.8, 4) is 33.4 Å². The number of allylic oxidation sites excluding steroid dienone is 4. The maximum absolute atomic E-state index is 3.88. The number of halogens is 2. The van der Waals surface area contributed by atoms with Crippen molar-refractivity contribution in [2.75, 3.05) is 0 Å². The number of rotatable bonds is 2. The van der Waals surface area contributed by atoms with Crippen LogP contribution in [0.2, 0.25) is 0 Å². The molecule has 3 heteroatoms. The van der Waals surface area contributed by atoms with Crippen LogP contribution in [0.1, 0.15) is 91.5 Å². The van der Waals surface area contributed by atoms with Crippen LogP contribution in [0.4, 0.5) is 0 Å². The van der Waals surface area contributed by atoms with Gasteiger partial charge in [-0.1, -0.05) is 188 Å². The van der Waals surface area contributed by atoms with Gasteiger partial charge in [-0.15, -0.1) is 70.5 Å². The zero-order chi connectivity index (χ0) is 40.0. The second kappa shape index (κ2) is 21.6. The van der Waals surface area contributed by atoms with Gasteiger partial charge in [0.15, 0.2) is 0 Å². The van der Waals surface area contributed by atoms with Gasteiger partial charge in [0.2, 0.25) is 0 Å². The van der Waals surface area contributed by atoms with Crippen molar-refractivity contribution in [2.24, 2.45) is 11.3 Å². The predicted octanol–water partition coefficient (Wildman–Crippen LogP) is 15.9. The normalized spacial score (nSPS) is 13.5. The first kappa shape index (κ1) is 50.5.